The van der Waals surface area contributed by atoms with E-state index in [0.717, 1.165) is 23.7 Å². The lowest BCUT2D eigenvalue weighted by Crippen LogP contribution is -2.43. The molecular formula is C19H22F3N3S. The maximum absolute atomic E-state index is 13.0. The maximum Gasteiger partial charge on any atom is 0.416 e. The van der Waals surface area contributed by atoms with Crippen LogP contribution in [0.15, 0.2) is 47.4 Å². The highest BCUT2D eigenvalue weighted by molar-refractivity contribution is 7.97. The summed E-state index contributed by atoms with van der Waals surface area (Å²) in [6.45, 7) is 4.73. The molecule has 7 heteroatoms. The molecule has 0 aromatic heterocycles. The van der Waals surface area contributed by atoms with Crippen molar-refractivity contribution in [3.05, 3.63) is 53.6 Å². The van der Waals surface area contributed by atoms with Crippen LogP contribution in [0.2, 0.25) is 0 Å². The molecule has 0 bridgehead atoms. The van der Waals surface area contributed by atoms with Crippen molar-refractivity contribution in [2.45, 2.75) is 18.0 Å². The molecular weight excluding hydrogens is 359 g/mol. The van der Waals surface area contributed by atoms with Gasteiger partial charge in [0.1, 0.15) is 0 Å². The average Bonchev–Trinajstić information content (AvgIpc) is 2.62. The topological polar surface area (TPSA) is 18.5 Å². The van der Waals surface area contributed by atoms with Crippen molar-refractivity contribution in [3.63, 3.8) is 0 Å². The van der Waals surface area contributed by atoms with Crippen molar-refractivity contribution in [3.8, 4) is 0 Å². The number of benzene rings is 2. The third kappa shape index (κ3) is 4.65. The molecule has 3 rings (SSSR count). The highest BCUT2D eigenvalue weighted by Gasteiger charge is 2.31. The third-order valence-corrected chi connectivity index (χ3v) is 5.48. The van der Waals surface area contributed by atoms with Crippen molar-refractivity contribution in [2.75, 3.05) is 43.4 Å². The van der Waals surface area contributed by atoms with Gasteiger partial charge in [-0.3, -0.25) is 0 Å². The SMILES string of the molecule is CNc1ccc(SN2CCN(c3cc(C)cc(C(F)(F)F)c3)CC2)cc1. The molecule has 1 aliphatic heterocycles. The molecule has 1 saturated heterocycles. The lowest BCUT2D eigenvalue weighted by molar-refractivity contribution is -0.137. The van der Waals surface area contributed by atoms with Gasteiger partial charge in [0.05, 0.1) is 5.56 Å². The van der Waals surface area contributed by atoms with Crippen molar-refractivity contribution in [1.29, 1.82) is 0 Å². The second-order valence-electron chi connectivity index (χ2n) is 6.34. The number of alkyl halides is 3. The zero-order valence-electron chi connectivity index (χ0n) is 14.8. The number of halogens is 3. The van der Waals surface area contributed by atoms with Crippen molar-refractivity contribution in [2.24, 2.45) is 0 Å². The summed E-state index contributed by atoms with van der Waals surface area (Å²) in [5.41, 5.74) is 1.78. The number of nitrogens with one attached hydrogen (secondary N) is 1. The number of hydrogen-bond donors (Lipinski definition) is 1. The normalized spacial score (nSPS) is 16.0. The van der Waals surface area contributed by atoms with E-state index in [-0.39, 0.29) is 0 Å². The highest BCUT2D eigenvalue weighted by Crippen LogP contribution is 2.33. The first-order valence-electron chi connectivity index (χ1n) is 8.50. The molecule has 2 aromatic rings. The van der Waals surface area contributed by atoms with E-state index in [0.29, 0.717) is 24.3 Å². The van der Waals surface area contributed by atoms with E-state index in [4.69, 9.17) is 0 Å². The van der Waals surface area contributed by atoms with Gasteiger partial charge in [-0.25, -0.2) is 4.31 Å². The second kappa shape index (κ2) is 7.80. The molecule has 0 amide bonds. The molecule has 1 fully saturated rings. The number of anilines is 2. The van der Waals surface area contributed by atoms with E-state index in [1.807, 2.05) is 30.1 Å². The number of rotatable bonds is 4. The van der Waals surface area contributed by atoms with E-state index in [1.165, 1.54) is 12.1 Å². The van der Waals surface area contributed by atoms with E-state index in [2.05, 4.69) is 21.8 Å². The standard InChI is InChI=1S/C19H22F3N3S/c1-14-11-15(19(20,21)22)13-17(12-14)24-7-9-25(10-8-24)26-18-5-3-16(23-2)4-6-18/h3-6,11-13,23H,7-10H2,1-2H3. The Hall–Kier alpha value is -1.86. The van der Waals surface area contributed by atoms with Crippen LogP contribution in [-0.4, -0.2) is 37.5 Å². The van der Waals surface area contributed by atoms with Gasteiger partial charge in [0.25, 0.3) is 0 Å². The molecule has 1 heterocycles. The molecule has 0 radical (unpaired) electrons. The lowest BCUT2D eigenvalue weighted by atomic mass is 10.1. The minimum atomic E-state index is -4.31. The van der Waals surface area contributed by atoms with Gasteiger partial charge in [-0.1, -0.05) is 0 Å². The Morgan fingerprint density at radius 1 is 0.962 bits per heavy atom. The first-order valence-corrected chi connectivity index (χ1v) is 9.27. The monoisotopic (exact) mass is 381 g/mol. The van der Waals surface area contributed by atoms with Gasteiger partial charge in [-0.2, -0.15) is 13.2 Å². The summed E-state index contributed by atoms with van der Waals surface area (Å²) in [5.74, 6) is 0. The van der Waals surface area contributed by atoms with Crippen molar-refractivity contribution < 1.29 is 13.2 Å². The molecule has 0 aliphatic carbocycles. The van der Waals surface area contributed by atoms with Crippen LogP contribution in [0.25, 0.3) is 0 Å². The quantitative estimate of drug-likeness (QED) is 0.760. The summed E-state index contributed by atoms with van der Waals surface area (Å²) < 4.78 is 41.4. The molecule has 1 N–H and O–H groups in total. The zero-order chi connectivity index (χ0) is 18.7. The summed E-state index contributed by atoms with van der Waals surface area (Å²) in [6, 6.07) is 12.5. The first-order chi connectivity index (χ1) is 12.3. The zero-order valence-corrected chi connectivity index (χ0v) is 15.6. The molecule has 1 aliphatic rings. The van der Waals surface area contributed by atoms with Crippen molar-refractivity contribution in [1.82, 2.24) is 4.31 Å². The fraction of sp³-hybridized carbons (Fsp3) is 0.368. The number of piperazine rings is 1. The number of aryl methyl sites for hydroxylation is 1. The Bertz CT molecular complexity index is 739. The minimum absolute atomic E-state index is 0.575. The van der Waals surface area contributed by atoms with Gasteiger partial charge in [0, 0.05) is 49.5 Å². The minimum Gasteiger partial charge on any atom is -0.388 e. The summed E-state index contributed by atoms with van der Waals surface area (Å²) in [7, 11) is 1.89. The Morgan fingerprint density at radius 2 is 1.62 bits per heavy atom. The molecule has 2 aromatic carbocycles. The van der Waals surface area contributed by atoms with Crippen LogP contribution in [-0.2, 0) is 6.18 Å². The van der Waals surface area contributed by atoms with E-state index < -0.39 is 11.7 Å². The number of nitrogens with zero attached hydrogens (tertiary/aromatic N) is 2. The van der Waals surface area contributed by atoms with Crippen LogP contribution < -0.4 is 10.2 Å². The predicted molar refractivity (Wildman–Crippen MR) is 102 cm³/mol. The van der Waals surface area contributed by atoms with Gasteiger partial charge in [-0.15, -0.1) is 0 Å². The van der Waals surface area contributed by atoms with Crippen LogP contribution in [0.3, 0.4) is 0 Å². The van der Waals surface area contributed by atoms with Gasteiger partial charge >= 0.3 is 6.18 Å². The van der Waals surface area contributed by atoms with Gasteiger partial charge in [-0.05, 0) is 66.9 Å². The van der Waals surface area contributed by atoms with E-state index in [9.17, 15) is 13.2 Å². The summed E-state index contributed by atoms with van der Waals surface area (Å²) >= 11 is 1.69. The van der Waals surface area contributed by atoms with Crippen LogP contribution >= 0.6 is 11.9 Å². The Labute approximate surface area is 156 Å². The summed E-state index contributed by atoms with van der Waals surface area (Å²) in [4.78, 5) is 3.19. The fourth-order valence-corrected chi connectivity index (χ4v) is 3.88. The van der Waals surface area contributed by atoms with E-state index >= 15 is 0 Å². The molecule has 0 unspecified atom stereocenters. The largest absolute Gasteiger partial charge is 0.416 e. The van der Waals surface area contributed by atoms with Crippen LogP contribution in [0.1, 0.15) is 11.1 Å². The second-order valence-corrected chi connectivity index (χ2v) is 7.51. The molecule has 26 heavy (non-hydrogen) atoms. The molecule has 140 valence electrons. The Kier molecular flexibility index (Phi) is 5.67. The average molecular weight is 381 g/mol. The Morgan fingerprint density at radius 3 is 2.19 bits per heavy atom. The lowest BCUT2D eigenvalue weighted by Gasteiger charge is -2.35. The maximum atomic E-state index is 13.0. The third-order valence-electron chi connectivity index (χ3n) is 4.37. The van der Waals surface area contributed by atoms with Crippen molar-refractivity contribution >= 4 is 23.3 Å². The van der Waals surface area contributed by atoms with Crippen LogP contribution in [0.5, 0.6) is 0 Å². The van der Waals surface area contributed by atoms with Crippen LogP contribution in [0.4, 0.5) is 24.5 Å². The highest BCUT2D eigenvalue weighted by atomic mass is 32.2. The van der Waals surface area contributed by atoms with E-state index in [1.54, 1.807) is 18.9 Å². The molecule has 0 atom stereocenters. The number of hydrogen-bond acceptors (Lipinski definition) is 4. The molecule has 0 spiro atoms. The summed E-state index contributed by atoms with van der Waals surface area (Å²) in [6.07, 6.45) is -4.31. The van der Waals surface area contributed by atoms with Crippen LogP contribution in [0, 0.1) is 6.92 Å². The van der Waals surface area contributed by atoms with Gasteiger partial charge in [0.2, 0.25) is 0 Å². The molecule has 3 nitrogen and oxygen atoms in total. The summed E-state index contributed by atoms with van der Waals surface area (Å²) in [5, 5.41) is 3.09. The molecule has 0 saturated carbocycles. The van der Waals surface area contributed by atoms with Gasteiger partial charge < -0.3 is 10.2 Å². The fourth-order valence-electron chi connectivity index (χ4n) is 2.98. The smallest absolute Gasteiger partial charge is 0.388 e. The predicted octanol–water partition coefficient (Wildman–Crippen LogP) is 4.88. The van der Waals surface area contributed by atoms with Gasteiger partial charge in [0.15, 0.2) is 0 Å². The Balaban J connectivity index is 1.62. The first kappa shape index (κ1) is 18.9.